The van der Waals surface area contributed by atoms with Gasteiger partial charge in [0.15, 0.2) is 0 Å². The number of aromatic amines is 1. The number of rotatable bonds is 2. The summed E-state index contributed by atoms with van der Waals surface area (Å²) in [7, 11) is 0. The van der Waals surface area contributed by atoms with Gasteiger partial charge in [0.05, 0.1) is 4.47 Å². The van der Waals surface area contributed by atoms with E-state index >= 15 is 0 Å². The average Bonchev–Trinajstić information content (AvgIpc) is 2.33. The molecule has 88 valence electrons. The molecule has 0 fully saturated rings. The van der Waals surface area contributed by atoms with Crippen LogP contribution in [-0.2, 0) is 0 Å². The Morgan fingerprint density at radius 2 is 1.88 bits per heavy atom. The molecule has 0 aliphatic carbocycles. The molecule has 2 aromatic rings. The molecule has 1 N–H and O–H groups in total. The quantitative estimate of drug-likeness (QED) is 0.815. The number of aromatic nitrogens is 2. The summed E-state index contributed by atoms with van der Waals surface area (Å²) in [5, 5.41) is 0. The first kappa shape index (κ1) is 12.5. The fraction of sp³-hybridized carbons (Fsp3) is 0.231. The molecule has 0 aliphatic rings. The zero-order valence-electron chi connectivity index (χ0n) is 9.70. The SMILES string of the molecule is CC(C)c1[nH]c(-c2ccccc2)nc(=S)c1Br. The molecule has 4 heteroatoms. The topological polar surface area (TPSA) is 28.7 Å². The van der Waals surface area contributed by atoms with Crippen LogP contribution < -0.4 is 0 Å². The third kappa shape index (κ3) is 2.64. The second-order valence-corrected chi connectivity index (χ2v) is 5.32. The van der Waals surface area contributed by atoms with Crippen molar-refractivity contribution < 1.29 is 0 Å². The smallest absolute Gasteiger partial charge is 0.144 e. The summed E-state index contributed by atoms with van der Waals surface area (Å²) in [6.07, 6.45) is 0. The van der Waals surface area contributed by atoms with Gasteiger partial charge in [0.2, 0.25) is 0 Å². The van der Waals surface area contributed by atoms with Crippen molar-refractivity contribution in [2.24, 2.45) is 0 Å². The molecule has 2 rings (SSSR count). The first-order valence-corrected chi connectivity index (χ1v) is 6.65. The molecule has 0 saturated carbocycles. The van der Waals surface area contributed by atoms with E-state index in [9.17, 15) is 0 Å². The van der Waals surface area contributed by atoms with Gasteiger partial charge in [-0.05, 0) is 21.8 Å². The second kappa shape index (κ2) is 5.10. The van der Waals surface area contributed by atoms with Crippen LogP contribution in [0.25, 0.3) is 11.4 Å². The Hall–Kier alpha value is -1.00. The summed E-state index contributed by atoms with van der Waals surface area (Å²) in [5.41, 5.74) is 2.14. The van der Waals surface area contributed by atoms with E-state index in [0.29, 0.717) is 10.6 Å². The molecule has 1 aromatic heterocycles. The van der Waals surface area contributed by atoms with Gasteiger partial charge in [-0.25, -0.2) is 4.98 Å². The van der Waals surface area contributed by atoms with Crippen LogP contribution in [0.5, 0.6) is 0 Å². The van der Waals surface area contributed by atoms with Crippen LogP contribution in [0.1, 0.15) is 25.5 Å². The minimum Gasteiger partial charge on any atom is -0.342 e. The van der Waals surface area contributed by atoms with Crippen LogP contribution in [0, 0.1) is 4.64 Å². The van der Waals surface area contributed by atoms with E-state index in [0.717, 1.165) is 21.6 Å². The molecule has 0 bridgehead atoms. The Balaban J connectivity index is 2.62. The molecule has 0 unspecified atom stereocenters. The Bertz CT molecular complexity index is 576. The van der Waals surface area contributed by atoms with Crippen LogP contribution in [0.15, 0.2) is 34.8 Å². The first-order chi connectivity index (χ1) is 8.09. The predicted octanol–water partition coefficient (Wildman–Crippen LogP) is 4.69. The van der Waals surface area contributed by atoms with Crippen LogP contribution in [0.3, 0.4) is 0 Å². The number of H-pyrrole nitrogens is 1. The van der Waals surface area contributed by atoms with E-state index in [2.05, 4.69) is 39.7 Å². The molecule has 0 atom stereocenters. The van der Waals surface area contributed by atoms with E-state index in [-0.39, 0.29) is 0 Å². The molecular formula is C13H13BrN2S. The molecule has 1 heterocycles. The van der Waals surface area contributed by atoms with Gasteiger partial charge < -0.3 is 4.98 Å². The molecule has 17 heavy (non-hydrogen) atoms. The van der Waals surface area contributed by atoms with Crippen molar-refractivity contribution in [2.45, 2.75) is 19.8 Å². The second-order valence-electron chi connectivity index (χ2n) is 4.14. The van der Waals surface area contributed by atoms with Gasteiger partial charge >= 0.3 is 0 Å². The minimum absolute atomic E-state index is 0.372. The van der Waals surface area contributed by atoms with Crippen LogP contribution in [0.2, 0.25) is 0 Å². The molecule has 0 radical (unpaired) electrons. The third-order valence-electron chi connectivity index (χ3n) is 2.52. The van der Waals surface area contributed by atoms with Gasteiger partial charge in [-0.3, -0.25) is 0 Å². The molecule has 2 nitrogen and oxygen atoms in total. The zero-order valence-corrected chi connectivity index (χ0v) is 12.1. The fourth-order valence-corrected chi connectivity index (χ4v) is 2.45. The van der Waals surface area contributed by atoms with E-state index in [1.807, 2.05) is 30.3 Å². The van der Waals surface area contributed by atoms with Gasteiger partial charge in [-0.2, -0.15) is 0 Å². The number of benzene rings is 1. The van der Waals surface area contributed by atoms with E-state index in [1.54, 1.807) is 0 Å². The lowest BCUT2D eigenvalue weighted by molar-refractivity contribution is 0.807. The molecule has 0 spiro atoms. The van der Waals surface area contributed by atoms with Gasteiger partial charge in [-0.15, -0.1) is 0 Å². The monoisotopic (exact) mass is 308 g/mol. The van der Waals surface area contributed by atoms with Crippen LogP contribution in [-0.4, -0.2) is 9.97 Å². The summed E-state index contributed by atoms with van der Waals surface area (Å²) < 4.78 is 1.49. The molecule has 0 aliphatic heterocycles. The lowest BCUT2D eigenvalue weighted by atomic mass is 10.1. The zero-order chi connectivity index (χ0) is 12.4. The highest BCUT2D eigenvalue weighted by Gasteiger charge is 2.10. The van der Waals surface area contributed by atoms with Crippen molar-refractivity contribution >= 4 is 28.1 Å². The summed E-state index contributed by atoms with van der Waals surface area (Å²) in [4.78, 5) is 7.74. The Morgan fingerprint density at radius 1 is 1.24 bits per heavy atom. The fourth-order valence-electron chi connectivity index (χ4n) is 1.61. The number of hydrogen-bond donors (Lipinski definition) is 1. The minimum atomic E-state index is 0.372. The van der Waals surface area contributed by atoms with Gasteiger partial charge in [-0.1, -0.05) is 56.4 Å². The number of halogens is 1. The summed E-state index contributed by atoms with van der Waals surface area (Å²) in [5.74, 6) is 1.19. The van der Waals surface area contributed by atoms with Crippen molar-refractivity contribution in [1.29, 1.82) is 0 Å². The molecule has 1 aromatic carbocycles. The van der Waals surface area contributed by atoms with Gasteiger partial charge in [0.25, 0.3) is 0 Å². The maximum absolute atomic E-state index is 5.27. The van der Waals surface area contributed by atoms with Crippen molar-refractivity contribution in [3.8, 4) is 11.4 Å². The number of hydrogen-bond acceptors (Lipinski definition) is 2. The summed E-state index contributed by atoms with van der Waals surface area (Å²) >= 11 is 8.76. The Kier molecular flexibility index (Phi) is 3.74. The highest BCUT2D eigenvalue weighted by Crippen LogP contribution is 2.26. The van der Waals surface area contributed by atoms with E-state index in [4.69, 9.17) is 12.2 Å². The van der Waals surface area contributed by atoms with Gasteiger partial charge in [0, 0.05) is 11.3 Å². The summed E-state index contributed by atoms with van der Waals surface area (Å²) in [6, 6.07) is 10.0. The maximum Gasteiger partial charge on any atom is 0.144 e. The number of nitrogens with one attached hydrogen (secondary N) is 1. The van der Waals surface area contributed by atoms with Crippen molar-refractivity contribution in [3.05, 3.63) is 45.1 Å². The lowest BCUT2D eigenvalue weighted by Gasteiger charge is -2.11. The standard InChI is InChI=1S/C13H13BrN2S/c1-8(2)11-10(14)13(17)16-12(15-11)9-6-4-3-5-7-9/h3-8H,1-2H3,(H,15,16,17). The van der Waals surface area contributed by atoms with E-state index in [1.165, 1.54) is 0 Å². The lowest BCUT2D eigenvalue weighted by Crippen LogP contribution is -2.00. The van der Waals surface area contributed by atoms with Crippen LogP contribution >= 0.6 is 28.1 Å². The Labute approximate surface area is 114 Å². The highest BCUT2D eigenvalue weighted by atomic mass is 79.9. The van der Waals surface area contributed by atoms with Crippen molar-refractivity contribution in [3.63, 3.8) is 0 Å². The largest absolute Gasteiger partial charge is 0.342 e. The van der Waals surface area contributed by atoms with Crippen molar-refractivity contribution in [1.82, 2.24) is 9.97 Å². The Morgan fingerprint density at radius 3 is 2.47 bits per heavy atom. The van der Waals surface area contributed by atoms with Crippen molar-refractivity contribution in [2.75, 3.05) is 0 Å². The number of nitrogens with zero attached hydrogens (tertiary/aromatic N) is 1. The molecule has 0 saturated heterocycles. The summed E-state index contributed by atoms with van der Waals surface area (Å²) in [6.45, 7) is 4.25. The highest BCUT2D eigenvalue weighted by molar-refractivity contribution is 9.10. The van der Waals surface area contributed by atoms with Crippen LogP contribution in [0.4, 0.5) is 0 Å². The molecule has 0 amide bonds. The maximum atomic E-state index is 5.27. The third-order valence-corrected chi connectivity index (χ3v) is 3.88. The first-order valence-electron chi connectivity index (χ1n) is 5.44. The van der Waals surface area contributed by atoms with E-state index < -0.39 is 0 Å². The van der Waals surface area contributed by atoms with Gasteiger partial charge in [0.1, 0.15) is 10.5 Å². The molecular weight excluding hydrogens is 296 g/mol. The predicted molar refractivity (Wildman–Crippen MR) is 76.6 cm³/mol. The normalized spacial score (nSPS) is 10.8. The average molecular weight is 309 g/mol.